The minimum absolute atomic E-state index is 0.143. The van der Waals surface area contributed by atoms with Gasteiger partial charge in [0.1, 0.15) is 10.8 Å². The van der Waals surface area contributed by atoms with E-state index in [1.165, 1.54) is 0 Å². The quantitative estimate of drug-likeness (QED) is 0.781. The van der Waals surface area contributed by atoms with E-state index >= 15 is 0 Å². The monoisotopic (exact) mass is 282 g/mol. The second-order valence-corrected chi connectivity index (χ2v) is 5.80. The van der Waals surface area contributed by atoms with E-state index in [1.54, 1.807) is 23.2 Å². The molecule has 2 fully saturated rings. The fourth-order valence-corrected chi connectivity index (χ4v) is 3.01. The van der Waals surface area contributed by atoms with Gasteiger partial charge in [0.25, 0.3) is 5.91 Å². The average molecular weight is 283 g/mol. The molecule has 1 aliphatic heterocycles. The van der Waals surface area contributed by atoms with E-state index in [0.717, 1.165) is 12.8 Å². The van der Waals surface area contributed by atoms with Crippen molar-refractivity contribution in [2.75, 3.05) is 13.1 Å². The van der Waals surface area contributed by atoms with E-state index in [9.17, 15) is 9.18 Å². The topological polar surface area (TPSA) is 33.2 Å². The minimum Gasteiger partial charge on any atom is -0.338 e. The number of hydrogen-bond acceptors (Lipinski definition) is 2. The summed E-state index contributed by atoms with van der Waals surface area (Å²) in [7, 11) is 0. The molecule has 0 N–H and O–H groups in total. The lowest BCUT2D eigenvalue weighted by Gasteiger charge is -2.36. The number of carbonyl (C=O) groups is 1. The van der Waals surface area contributed by atoms with Crippen LogP contribution in [0.3, 0.4) is 0 Å². The molecule has 1 aromatic heterocycles. The smallest absolute Gasteiger partial charge is 0.256 e. The molecule has 1 aromatic rings. The zero-order chi connectivity index (χ0) is 13.5. The lowest BCUT2D eigenvalue weighted by molar-refractivity contribution is 0.0329. The van der Waals surface area contributed by atoms with Crippen LogP contribution in [0.1, 0.15) is 36.0 Å². The summed E-state index contributed by atoms with van der Waals surface area (Å²) in [4.78, 5) is 17.9. The van der Waals surface area contributed by atoms with E-state index in [4.69, 9.17) is 11.6 Å². The highest BCUT2D eigenvalue weighted by molar-refractivity contribution is 6.32. The van der Waals surface area contributed by atoms with Crippen molar-refractivity contribution in [1.29, 1.82) is 0 Å². The maximum Gasteiger partial charge on any atom is 0.256 e. The van der Waals surface area contributed by atoms with Gasteiger partial charge in [0.15, 0.2) is 0 Å². The first kappa shape index (κ1) is 12.9. The van der Waals surface area contributed by atoms with Crippen molar-refractivity contribution >= 4 is 17.5 Å². The molecule has 0 bridgehead atoms. The fourth-order valence-electron chi connectivity index (χ4n) is 2.81. The number of pyridine rings is 1. The Morgan fingerprint density at radius 1 is 1.42 bits per heavy atom. The van der Waals surface area contributed by atoms with Crippen LogP contribution in [-0.4, -0.2) is 34.5 Å². The molecule has 1 saturated heterocycles. The summed E-state index contributed by atoms with van der Waals surface area (Å²) >= 11 is 5.92. The van der Waals surface area contributed by atoms with Crippen molar-refractivity contribution in [3.63, 3.8) is 0 Å². The third-order valence-corrected chi connectivity index (χ3v) is 4.48. The second kappa shape index (κ2) is 4.75. The number of nitrogens with zero attached hydrogens (tertiary/aromatic N) is 2. The van der Waals surface area contributed by atoms with Crippen LogP contribution in [0.5, 0.6) is 0 Å². The molecule has 102 valence electrons. The normalized spacial score (nSPS) is 22.3. The summed E-state index contributed by atoms with van der Waals surface area (Å²) < 4.78 is 14.5. The summed E-state index contributed by atoms with van der Waals surface area (Å²) in [6.45, 7) is 0.939. The SMILES string of the molecule is O=C(c1cccnc1Cl)N1CCC(F)(C2CC2)CC1. The van der Waals surface area contributed by atoms with Gasteiger partial charge in [-0.05, 0) is 43.7 Å². The largest absolute Gasteiger partial charge is 0.338 e. The number of piperidine rings is 1. The Kier molecular flexibility index (Phi) is 3.21. The van der Waals surface area contributed by atoms with Crippen LogP contribution in [0.25, 0.3) is 0 Å². The number of amides is 1. The molecular weight excluding hydrogens is 267 g/mol. The van der Waals surface area contributed by atoms with Crippen molar-refractivity contribution in [2.45, 2.75) is 31.4 Å². The summed E-state index contributed by atoms with van der Waals surface area (Å²) in [6.07, 6.45) is 4.44. The Hall–Kier alpha value is -1.16. The highest BCUT2D eigenvalue weighted by Gasteiger charge is 2.47. The van der Waals surface area contributed by atoms with Crippen molar-refractivity contribution in [1.82, 2.24) is 9.88 Å². The van der Waals surface area contributed by atoms with Crippen molar-refractivity contribution in [3.8, 4) is 0 Å². The molecule has 3 nitrogen and oxygen atoms in total. The van der Waals surface area contributed by atoms with E-state index < -0.39 is 5.67 Å². The van der Waals surface area contributed by atoms with E-state index in [1.807, 2.05) is 0 Å². The van der Waals surface area contributed by atoms with Gasteiger partial charge in [0, 0.05) is 19.3 Å². The lowest BCUT2D eigenvalue weighted by Crippen LogP contribution is -2.45. The predicted octanol–water partition coefficient (Wildman–Crippen LogP) is 3.09. The maximum absolute atomic E-state index is 14.5. The number of likely N-dealkylation sites (tertiary alicyclic amines) is 1. The molecule has 3 rings (SSSR count). The average Bonchev–Trinajstić information content (AvgIpc) is 3.24. The molecule has 0 unspecified atom stereocenters. The van der Waals surface area contributed by atoms with Gasteiger partial charge in [-0.2, -0.15) is 0 Å². The lowest BCUT2D eigenvalue weighted by atomic mass is 9.88. The van der Waals surface area contributed by atoms with Gasteiger partial charge in [0.05, 0.1) is 5.56 Å². The first-order chi connectivity index (χ1) is 9.10. The van der Waals surface area contributed by atoms with Gasteiger partial charge in [0.2, 0.25) is 0 Å². The van der Waals surface area contributed by atoms with Crippen LogP contribution in [0.15, 0.2) is 18.3 Å². The standard InChI is InChI=1S/C14H16ClFN2O/c15-12-11(2-1-7-17-12)13(19)18-8-5-14(16,6-9-18)10-3-4-10/h1-2,7,10H,3-6,8-9H2. The summed E-state index contributed by atoms with van der Waals surface area (Å²) in [5, 5.41) is 0.215. The molecule has 5 heteroatoms. The Bertz CT molecular complexity index is 496. The predicted molar refractivity (Wildman–Crippen MR) is 70.9 cm³/mol. The van der Waals surface area contributed by atoms with Gasteiger partial charge in [-0.25, -0.2) is 9.37 Å². The van der Waals surface area contributed by atoms with Gasteiger partial charge in [-0.15, -0.1) is 0 Å². The molecule has 1 amide bonds. The van der Waals surface area contributed by atoms with Crippen LogP contribution in [0.4, 0.5) is 4.39 Å². The van der Waals surface area contributed by atoms with Crippen molar-refractivity contribution in [3.05, 3.63) is 29.0 Å². The zero-order valence-electron chi connectivity index (χ0n) is 10.6. The molecule has 19 heavy (non-hydrogen) atoms. The van der Waals surface area contributed by atoms with Gasteiger partial charge in [-0.3, -0.25) is 4.79 Å². The van der Waals surface area contributed by atoms with Crippen molar-refractivity contribution in [2.24, 2.45) is 5.92 Å². The van der Waals surface area contributed by atoms with Crippen LogP contribution in [-0.2, 0) is 0 Å². The number of alkyl halides is 1. The van der Waals surface area contributed by atoms with E-state index in [2.05, 4.69) is 4.98 Å². The highest BCUT2D eigenvalue weighted by atomic mass is 35.5. The number of rotatable bonds is 2. The first-order valence-electron chi connectivity index (χ1n) is 6.69. The van der Waals surface area contributed by atoms with Crippen LogP contribution >= 0.6 is 11.6 Å². The van der Waals surface area contributed by atoms with Crippen molar-refractivity contribution < 1.29 is 9.18 Å². The van der Waals surface area contributed by atoms with Gasteiger partial charge in [-0.1, -0.05) is 11.6 Å². The Morgan fingerprint density at radius 3 is 2.68 bits per heavy atom. The minimum atomic E-state index is -1.05. The van der Waals surface area contributed by atoms with Gasteiger partial charge < -0.3 is 4.90 Å². The third kappa shape index (κ3) is 2.46. The summed E-state index contributed by atoms with van der Waals surface area (Å²) in [5.74, 6) is 0.0858. The molecule has 2 aliphatic rings. The van der Waals surface area contributed by atoms with E-state index in [-0.39, 0.29) is 17.0 Å². The van der Waals surface area contributed by atoms with Crippen LogP contribution < -0.4 is 0 Å². The molecule has 1 saturated carbocycles. The molecule has 0 spiro atoms. The van der Waals surface area contributed by atoms with Crippen LogP contribution in [0, 0.1) is 5.92 Å². The summed E-state index contributed by atoms with van der Waals surface area (Å²) in [5.41, 5.74) is -0.642. The Labute approximate surface area is 116 Å². The molecule has 1 aliphatic carbocycles. The number of carbonyl (C=O) groups excluding carboxylic acids is 1. The maximum atomic E-state index is 14.5. The molecule has 0 atom stereocenters. The molecule has 0 radical (unpaired) electrons. The Balaban J connectivity index is 1.68. The molecule has 2 heterocycles. The molecule has 0 aromatic carbocycles. The Morgan fingerprint density at radius 2 is 2.11 bits per heavy atom. The van der Waals surface area contributed by atoms with E-state index in [0.29, 0.717) is 31.5 Å². The summed E-state index contributed by atoms with van der Waals surface area (Å²) in [6, 6.07) is 3.35. The molecular formula is C14H16ClFN2O. The van der Waals surface area contributed by atoms with Gasteiger partial charge >= 0.3 is 0 Å². The highest BCUT2D eigenvalue weighted by Crippen LogP contribution is 2.47. The number of aromatic nitrogens is 1. The van der Waals surface area contributed by atoms with Crippen LogP contribution in [0.2, 0.25) is 5.15 Å². The number of hydrogen-bond donors (Lipinski definition) is 0. The fraction of sp³-hybridized carbons (Fsp3) is 0.571. The second-order valence-electron chi connectivity index (χ2n) is 5.44. The first-order valence-corrected chi connectivity index (χ1v) is 7.07. The zero-order valence-corrected chi connectivity index (χ0v) is 11.4. The number of halogens is 2. The third-order valence-electron chi connectivity index (χ3n) is 4.18.